The Morgan fingerprint density at radius 3 is 2.67 bits per heavy atom. The maximum Gasteiger partial charge on any atom is 0.416 e. The highest BCUT2D eigenvalue weighted by molar-refractivity contribution is 7.98. The molecule has 30 heavy (non-hydrogen) atoms. The van der Waals surface area contributed by atoms with Crippen molar-refractivity contribution in [2.45, 2.75) is 32.4 Å². The molecule has 0 unspecified atom stereocenters. The highest BCUT2D eigenvalue weighted by atomic mass is 32.2. The molecule has 0 bridgehead atoms. The number of rotatable bonds is 7. The van der Waals surface area contributed by atoms with Gasteiger partial charge in [0.15, 0.2) is 5.75 Å². The molecule has 0 radical (unpaired) electrons. The van der Waals surface area contributed by atoms with Crippen LogP contribution < -0.4 is 15.4 Å². The van der Waals surface area contributed by atoms with E-state index in [1.165, 1.54) is 12.3 Å². The number of thioether (sulfide) groups is 1. The summed E-state index contributed by atoms with van der Waals surface area (Å²) in [5.74, 6) is 1.93. The molecular weight excluding hydrogens is 413 g/mol. The molecule has 9 heteroatoms. The van der Waals surface area contributed by atoms with Crippen molar-refractivity contribution in [2.75, 3.05) is 42.3 Å². The van der Waals surface area contributed by atoms with Gasteiger partial charge in [-0.2, -0.15) is 24.9 Å². The van der Waals surface area contributed by atoms with Crippen LogP contribution in [0.4, 0.5) is 24.8 Å². The van der Waals surface area contributed by atoms with Crippen LogP contribution in [0.15, 0.2) is 24.4 Å². The van der Waals surface area contributed by atoms with E-state index >= 15 is 0 Å². The molecule has 5 nitrogen and oxygen atoms in total. The van der Waals surface area contributed by atoms with Crippen LogP contribution in [0.2, 0.25) is 0 Å². The van der Waals surface area contributed by atoms with Crippen LogP contribution in [0, 0.1) is 5.92 Å². The third-order valence-electron chi connectivity index (χ3n) is 5.28. The summed E-state index contributed by atoms with van der Waals surface area (Å²) in [6.07, 6.45) is 1.28. The fraction of sp³-hybridized carbons (Fsp3) is 0.524. The topological polar surface area (TPSA) is 64.3 Å². The fourth-order valence-corrected chi connectivity index (χ4v) is 3.80. The summed E-state index contributed by atoms with van der Waals surface area (Å²) in [4.78, 5) is 10.4. The second-order valence-electron chi connectivity index (χ2n) is 7.57. The Hall–Kier alpha value is -2.16. The Labute approximate surface area is 179 Å². The van der Waals surface area contributed by atoms with Crippen LogP contribution in [0.3, 0.4) is 0 Å². The lowest BCUT2D eigenvalue weighted by atomic mass is 9.96. The average molecular weight is 441 g/mol. The zero-order valence-electron chi connectivity index (χ0n) is 17.2. The molecule has 1 aliphatic heterocycles. The lowest BCUT2D eigenvalue weighted by Gasteiger charge is -2.34. The smallest absolute Gasteiger partial charge is 0.416 e. The van der Waals surface area contributed by atoms with Gasteiger partial charge in [-0.1, -0.05) is 6.92 Å². The SMILES string of the molecule is CSCCOc1cnc(N)nc1Cc1cc(C(F)(F)F)ccc1N1CCC(C)CC1. The van der Waals surface area contributed by atoms with E-state index in [2.05, 4.69) is 21.8 Å². The van der Waals surface area contributed by atoms with Crippen LogP contribution in [0.5, 0.6) is 5.75 Å². The standard InChI is InChI=1S/C21H27F3N4OS/c1-14-5-7-28(8-6-14)18-4-3-16(21(22,23)24)11-15(18)12-17-19(29-9-10-30-2)13-26-20(25)27-17/h3-4,11,13-14H,5-10,12H2,1-2H3,(H2,25,26,27). The number of nitrogens with zero attached hydrogens (tertiary/aromatic N) is 3. The molecule has 1 aliphatic rings. The summed E-state index contributed by atoms with van der Waals surface area (Å²) < 4.78 is 45.9. The van der Waals surface area contributed by atoms with Crippen molar-refractivity contribution >= 4 is 23.4 Å². The first kappa shape index (κ1) is 22.5. The minimum atomic E-state index is -4.41. The van der Waals surface area contributed by atoms with Crippen LogP contribution in [0.1, 0.15) is 36.6 Å². The molecule has 0 atom stereocenters. The largest absolute Gasteiger partial charge is 0.489 e. The minimum Gasteiger partial charge on any atom is -0.489 e. The van der Waals surface area contributed by atoms with Crippen LogP contribution in [-0.4, -0.2) is 41.7 Å². The summed E-state index contributed by atoms with van der Waals surface area (Å²) in [5, 5.41) is 0. The highest BCUT2D eigenvalue weighted by Crippen LogP contribution is 2.35. The third-order valence-corrected chi connectivity index (χ3v) is 5.86. The van der Waals surface area contributed by atoms with Gasteiger partial charge < -0.3 is 15.4 Å². The van der Waals surface area contributed by atoms with Crippen molar-refractivity contribution in [3.05, 3.63) is 41.2 Å². The molecule has 3 rings (SSSR count). The van der Waals surface area contributed by atoms with Gasteiger partial charge in [-0.25, -0.2) is 9.97 Å². The summed E-state index contributed by atoms with van der Waals surface area (Å²) in [7, 11) is 0. The molecule has 164 valence electrons. The fourth-order valence-electron chi connectivity index (χ4n) is 3.55. The molecule has 2 N–H and O–H groups in total. The number of hydrogen-bond donors (Lipinski definition) is 1. The number of ether oxygens (including phenoxy) is 1. The summed E-state index contributed by atoms with van der Waals surface area (Å²) in [5.41, 5.74) is 6.96. The van der Waals surface area contributed by atoms with Gasteiger partial charge in [0.05, 0.1) is 24.1 Å². The molecule has 0 saturated carbocycles. The van der Waals surface area contributed by atoms with E-state index in [0.717, 1.165) is 43.4 Å². The molecule has 1 aromatic heterocycles. The number of nitrogens with two attached hydrogens (primary N) is 1. The number of nitrogen functional groups attached to an aromatic ring is 1. The molecule has 1 aromatic carbocycles. The predicted molar refractivity (Wildman–Crippen MR) is 115 cm³/mol. The van der Waals surface area contributed by atoms with Crippen molar-refractivity contribution in [3.63, 3.8) is 0 Å². The van der Waals surface area contributed by atoms with Crippen molar-refractivity contribution in [2.24, 2.45) is 5.92 Å². The van der Waals surface area contributed by atoms with E-state index in [1.54, 1.807) is 17.8 Å². The van der Waals surface area contributed by atoms with Crippen molar-refractivity contribution < 1.29 is 17.9 Å². The number of piperidine rings is 1. The summed E-state index contributed by atoms with van der Waals surface area (Å²) >= 11 is 1.64. The third kappa shape index (κ3) is 5.71. The molecule has 2 aromatic rings. The molecule has 2 heterocycles. The van der Waals surface area contributed by atoms with Gasteiger partial charge in [-0.3, -0.25) is 0 Å². The minimum absolute atomic E-state index is 0.0718. The number of halogens is 3. The second kappa shape index (κ2) is 9.76. The van der Waals surface area contributed by atoms with E-state index in [9.17, 15) is 13.2 Å². The van der Waals surface area contributed by atoms with Crippen molar-refractivity contribution in [1.29, 1.82) is 0 Å². The normalized spacial score (nSPS) is 15.4. The van der Waals surface area contributed by atoms with E-state index in [4.69, 9.17) is 10.5 Å². The summed E-state index contributed by atoms with van der Waals surface area (Å²) in [6.45, 7) is 4.30. The number of aromatic nitrogens is 2. The zero-order valence-corrected chi connectivity index (χ0v) is 18.0. The molecule has 0 amide bonds. The van der Waals surface area contributed by atoms with E-state index in [0.29, 0.717) is 29.5 Å². The summed E-state index contributed by atoms with van der Waals surface area (Å²) in [6, 6.07) is 3.95. The van der Waals surface area contributed by atoms with Gasteiger partial charge in [0, 0.05) is 31.0 Å². The molecule has 1 fully saturated rings. The maximum absolute atomic E-state index is 13.4. The zero-order chi connectivity index (χ0) is 21.7. The van der Waals surface area contributed by atoms with Gasteiger partial charge in [0.2, 0.25) is 5.95 Å². The Balaban J connectivity index is 1.96. The Bertz CT molecular complexity index is 855. The van der Waals surface area contributed by atoms with Gasteiger partial charge in [-0.15, -0.1) is 0 Å². The Morgan fingerprint density at radius 2 is 2.00 bits per heavy atom. The van der Waals surface area contributed by atoms with Gasteiger partial charge in [-0.05, 0) is 48.8 Å². The van der Waals surface area contributed by atoms with E-state index in [-0.39, 0.29) is 12.4 Å². The van der Waals surface area contributed by atoms with Crippen LogP contribution in [0.25, 0.3) is 0 Å². The number of hydrogen-bond acceptors (Lipinski definition) is 6. The monoisotopic (exact) mass is 440 g/mol. The van der Waals surface area contributed by atoms with E-state index in [1.807, 2.05) is 6.26 Å². The van der Waals surface area contributed by atoms with Gasteiger partial charge in [0.25, 0.3) is 0 Å². The first-order chi connectivity index (χ1) is 14.3. The van der Waals surface area contributed by atoms with Crippen molar-refractivity contribution in [3.8, 4) is 5.75 Å². The van der Waals surface area contributed by atoms with Gasteiger partial charge >= 0.3 is 6.18 Å². The van der Waals surface area contributed by atoms with Crippen molar-refractivity contribution in [1.82, 2.24) is 9.97 Å². The number of benzene rings is 1. The maximum atomic E-state index is 13.4. The Kier molecular flexibility index (Phi) is 7.33. The molecule has 0 aliphatic carbocycles. The molecule has 0 spiro atoms. The lowest BCUT2D eigenvalue weighted by Crippen LogP contribution is -2.33. The van der Waals surface area contributed by atoms with Crippen LogP contribution >= 0.6 is 11.8 Å². The predicted octanol–water partition coefficient (Wildman–Crippen LogP) is 4.65. The van der Waals surface area contributed by atoms with E-state index < -0.39 is 11.7 Å². The number of anilines is 2. The molecular formula is C21H27F3N4OS. The average Bonchev–Trinajstić information content (AvgIpc) is 2.70. The second-order valence-corrected chi connectivity index (χ2v) is 8.55. The van der Waals surface area contributed by atoms with Gasteiger partial charge in [0.1, 0.15) is 0 Å². The lowest BCUT2D eigenvalue weighted by molar-refractivity contribution is -0.137. The first-order valence-electron chi connectivity index (χ1n) is 9.96. The highest BCUT2D eigenvalue weighted by Gasteiger charge is 2.32. The first-order valence-corrected chi connectivity index (χ1v) is 11.4. The quantitative estimate of drug-likeness (QED) is 0.633. The van der Waals surface area contributed by atoms with Crippen LogP contribution in [-0.2, 0) is 12.6 Å². The molecule has 1 saturated heterocycles. The Morgan fingerprint density at radius 1 is 1.27 bits per heavy atom. The number of alkyl halides is 3.